The van der Waals surface area contributed by atoms with Gasteiger partial charge in [-0.3, -0.25) is 4.79 Å². The van der Waals surface area contributed by atoms with Gasteiger partial charge in [-0.25, -0.2) is 0 Å². The minimum absolute atomic E-state index is 0.0550. The summed E-state index contributed by atoms with van der Waals surface area (Å²) in [7, 11) is 1.41. The van der Waals surface area contributed by atoms with Gasteiger partial charge in [0, 0.05) is 6.42 Å². The van der Waals surface area contributed by atoms with Gasteiger partial charge in [0.1, 0.15) is 0 Å². The summed E-state index contributed by atoms with van der Waals surface area (Å²) < 4.78 is 4.90. The van der Waals surface area contributed by atoms with Crippen LogP contribution in [0.4, 0.5) is 0 Å². The lowest BCUT2D eigenvalue weighted by atomic mass is 9.39. The topological polar surface area (TPSA) is 66.8 Å². The SMILES string of the molecule is COC(=O)[C@@H](C)C12CC3(C)CC(O)(CC(O)(C3)C1)C2. The molecule has 4 aliphatic carbocycles. The Morgan fingerprint density at radius 2 is 1.58 bits per heavy atom. The Morgan fingerprint density at radius 3 is 2.00 bits per heavy atom. The molecule has 4 nitrogen and oxygen atoms in total. The van der Waals surface area contributed by atoms with Crippen LogP contribution >= 0.6 is 0 Å². The van der Waals surface area contributed by atoms with Crippen molar-refractivity contribution in [3.05, 3.63) is 0 Å². The number of rotatable bonds is 2. The first-order valence-electron chi connectivity index (χ1n) is 7.16. The monoisotopic (exact) mass is 268 g/mol. The van der Waals surface area contributed by atoms with Crippen LogP contribution in [-0.4, -0.2) is 34.5 Å². The molecule has 0 radical (unpaired) electrons. The van der Waals surface area contributed by atoms with Crippen LogP contribution < -0.4 is 0 Å². The van der Waals surface area contributed by atoms with Crippen molar-refractivity contribution in [2.75, 3.05) is 7.11 Å². The summed E-state index contributed by atoms with van der Waals surface area (Å²) in [5.41, 5.74) is -1.97. The predicted octanol–water partition coefficient (Wildman–Crippen LogP) is 1.63. The molecule has 0 aromatic heterocycles. The lowest BCUT2D eigenvalue weighted by Crippen LogP contribution is -2.68. The number of hydrogen-bond donors (Lipinski definition) is 2. The van der Waals surface area contributed by atoms with Crippen LogP contribution in [0.15, 0.2) is 0 Å². The van der Waals surface area contributed by atoms with E-state index in [1.54, 1.807) is 0 Å². The van der Waals surface area contributed by atoms with Crippen molar-refractivity contribution in [2.45, 2.75) is 63.6 Å². The van der Waals surface area contributed by atoms with Gasteiger partial charge >= 0.3 is 5.97 Å². The molecule has 4 aliphatic rings. The molecule has 4 saturated carbocycles. The molecule has 2 N–H and O–H groups in total. The molecule has 4 fully saturated rings. The third-order valence-electron chi connectivity index (χ3n) is 5.78. The largest absolute Gasteiger partial charge is 0.469 e. The van der Waals surface area contributed by atoms with Crippen LogP contribution in [0.5, 0.6) is 0 Å². The van der Waals surface area contributed by atoms with E-state index in [0.29, 0.717) is 19.3 Å². The summed E-state index contributed by atoms with van der Waals surface area (Å²) in [4.78, 5) is 12.0. The van der Waals surface area contributed by atoms with Gasteiger partial charge in [-0.1, -0.05) is 13.8 Å². The molecular weight excluding hydrogens is 244 g/mol. The summed E-state index contributed by atoms with van der Waals surface area (Å²) in [5, 5.41) is 21.6. The van der Waals surface area contributed by atoms with Gasteiger partial charge in [0.25, 0.3) is 0 Å². The molecule has 2 unspecified atom stereocenters. The number of esters is 1. The van der Waals surface area contributed by atoms with Gasteiger partial charge in [-0.05, 0) is 42.9 Å². The van der Waals surface area contributed by atoms with E-state index in [1.165, 1.54) is 7.11 Å². The molecule has 0 aromatic carbocycles. The summed E-state index contributed by atoms with van der Waals surface area (Å²) >= 11 is 0. The standard InChI is InChI=1S/C15H24O4/c1-10(11(16)19-3)13-4-12(2)5-14(17,7-13)9-15(18,6-12)8-13/h10,17-18H,4-9H2,1-3H3/t10-,12?,13?,14?,15?/m1/s1. The number of ether oxygens (including phenoxy) is 1. The zero-order valence-electron chi connectivity index (χ0n) is 12.0. The molecule has 0 aliphatic heterocycles. The second-order valence-electron chi connectivity index (χ2n) is 7.93. The first-order valence-corrected chi connectivity index (χ1v) is 7.16. The number of carbonyl (C=O) groups excluding carboxylic acids is 1. The van der Waals surface area contributed by atoms with E-state index in [1.807, 2.05) is 6.92 Å². The number of hydrogen-bond acceptors (Lipinski definition) is 4. The van der Waals surface area contributed by atoms with Gasteiger partial charge in [0.2, 0.25) is 0 Å². The van der Waals surface area contributed by atoms with Crippen LogP contribution in [0.25, 0.3) is 0 Å². The number of methoxy groups -OCH3 is 1. The van der Waals surface area contributed by atoms with E-state index < -0.39 is 11.2 Å². The highest BCUT2D eigenvalue weighted by molar-refractivity contribution is 5.73. The van der Waals surface area contributed by atoms with Crippen LogP contribution in [0.3, 0.4) is 0 Å². The second-order valence-corrected chi connectivity index (χ2v) is 7.93. The van der Waals surface area contributed by atoms with Crippen molar-refractivity contribution in [2.24, 2.45) is 16.7 Å². The Hall–Kier alpha value is -0.610. The zero-order chi connectivity index (χ0) is 14.1. The van der Waals surface area contributed by atoms with E-state index in [2.05, 4.69) is 6.92 Å². The van der Waals surface area contributed by atoms with Crippen LogP contribution in [0, 0.1) is 16.7 Å². The normalized spacial score (nSPS) is 53.1. The molecule has 0 spiro atoms. The number of aliphatic hydroxyl groups is 2. The summed E-state index contributed by atoms with van der Waals surface area (Å²) in [5.74, 6) is -0.492. The highest BCUT2D eigenvalue weighted by Crippen LogP contribution is 2.69. The van der Waals surface area contributed by atoms with E-state index in [-0.39, 0.29) is 22.7 Å². The van der Waals surface area contributed by atoms with Crippen molar-refractivity contribution >= 4 is 5.97 Å². The Balaban J connectivity index is 2.02. The Bertz CT molecular complexity index is 376. The molecular formula is C15H24O4. The quantitative estimate of drug-likeness (QED) is 0.747. The van der Waals surface area contributed by atoms with Crippen molar-refractivity contribution in [3.8, 4) is 0 Å². The lowest BCUT2D eigenvalue weighted by Gasteiger charge is -2.68. The summed E-state index contributed by atoms with van der Waals surface area (Å²) in [6, 6.07) is 0. The molecule has 0 heterocycles. The van der Waals surface area contributed by atoms with E-state index >= 15 is 0 Å². The molecule has 4 bridgehead atoms. The molecule has 4 rings (SSSR count). The molecule has 0 saturated heterocycles. The molecule has 3 atom stereocenters. The van der Waals surface area contributed by atoms with Gasteiger partial charge in [0.05, 0.1) is 24.2 Å². The van der Waals surface area contributed by atoms with Crippen molar-refractivity contribution in [1.29, 1.82) is 0 Å². The van der Waals surface area contributed by atoms with Gasteiger partial charge in [-0.15, -0.1) is 0 Å². The van der Waals surface area contributed by atoms with E-state index in [0.717, 1.165) is 19.3 Å². The van der Waals surface area contributed by atoms with Crippen molar-refractivity contribution in [3.63, 3.8) is 0 Å². The maximum absolute atomic E-state index is 12.0. The highest BCUT2D eigenvalue weighted by atomic mass is 16.5. The summed E-state index contributed by atoms with van der Waals surface area (Å²) in [6.45, 7) is 4.02. The maximum atomic E-state index is 12.0. The average Bonchev–Trinajstić information content (AvgIpc) is 2.20. The van der Waals surface area contributed by atoms with Crippen molar-refractivity contribution in [1.82, 2.24) is 0 Å². The summed E-state index contributed by atoms with van der Waals surface area (Å²) in [6.07, 6.45) is 4.10. The van der Waals surface area contributed by atoms with Gasteiger partial charge < -0.3 is 14.9 Å². The fourth-order valence-corrected chi connectivity index (χ4v) is 6.00. The molecule has 108 valence electrons. The predicted molar refractivity (Wildman–Crippen MR) is 69.3 cm³/mol. The molecule has 0 aromatic rings. The van der Waals surface area contributed by atoms with Crippen LogP contribution in [-0.2, 0) is 9.53 Å². The highest BCUT2D eigenvalue weighted by Gasteiger charge is 2.68. The molecule has 19 heavy (non-hydrogen) atoms. The first kappa shape index (κ1) is 13.4. The minimum atomic E-state index is -0.805. The van der Waals surface area contributed by atoms with Crippen molar-refractivity contribution < 1.29 is 19.7 Å². The van der Waals surface area contributed by atoms with Crippen LogP contribution in [0.2, 0.25) is 0 Å². The fraction of sp³-hybridized carbons (Fsp3) is 0.933. The number of carbonyl (C=O) groups is 1. The second kappa shape index (κ2) is 3.53. The zero-order valence-corrected chi connectivity index (χ0v) is 12.0. The van der Waals surface area contributed by atoms with Gasteiger partial charge in [-0.2, -0.15) is 0 Å². The maximum Gasteiger partial charge on any atom is 0.308 e. The smallest absolute Gasteiger partial charge is 0.308 e. The fourth-order valence-electron chi connectivity index (χ4n) is 6.00. The Labute approximate surface area is 114 Å². The molecule has 0 amide bonds. The average molecular weight is 268 g/mol. The lowest BCUT2D eigenvalue weighted by molar-refractivity contribution is -0.266. The van der Waals surface area contributed by atoms with E-state index in [4.69, 9.17) is 4.74 Å². The van der Waals surface area contributed by atoms with Gasteiger partial charge in [0.15, 0.2) is 0 Å². The third-order valence-corrected chi connectivity index (χ3v) is 5.78. The minimum Gasteiger partial charge on any atom is -0.469 e. The first-order chi connectivity index (χ1) is 8.63. The third kappa shape index (κ3) is 1.83. The van der Waals surface area contributed by atoms with Crippen LogP contribution in [0.1, 0.15) is 52.4 Å². The Morgan fingerprint density at radius 1 is 1.05 bits per heavy atom. The molecule has 4 heteroatoms. The van der Waals surface area contributed by atoms with E-state index in [9.17, 15) is 15.0 Å². The Kier molecular flexibility index (Phi) is 2.48.